The van der Waals surface area contributed by atoms with Crippen LogP contribution in [-0.2, 0) is 4.79 Å². The van der Waals surface area contributed by atoms with Gasteiger partial charge in [0.1, 0.15) is 23.8 Å². The first-order chi connectivity index (χ1) is 13.6. The molecule has 8 nitrogen and oxygen atoms in total. The summed E-state index contributed by atoms with van der Waals surface area (Å²) in [6.07, 6.45) is -2.82. The molecule has 1 amide bonds. The van der Waals surface area contributed by atoms with Crippen LogP contribution in [0.1, 0.15) is 13.8 Å². The molecule has 0 aliphatic carbocycles. The number of benzene rings is 1. The zero-order valence-corrected chi connectivity index (χ0v) is 15.4. The van der Waals surface area contributed by atoms with E-state index in [1.165, 1.54) is 0 Å². The van der Waals surface area contributed by atoms with Crippen molar-refractivity contribution in [2.45, 2.75) is 25.6 Å². The fourth-order valence-corrected chi connectivity index (χ4v) is 2.83. The molecule has 0 spiro atoms. The Balaban J connectivity index is 1.61. The van der Waals surface area contributed by atoms with E-state index >= 15 is 0 Å². The Morgan fingerprint density at radius 1 is 1.21 bits per heavy atom. The lowest BCUT2D eigenvalue weighted by atomic mass is 10.1. The van der Waals surface area contributed by atoms with E-state index in [9.17, 15) is 18.0 Å². The fourth-order valence-electron chi connectivity index (χ4n) is 2.83. The Kier molecular flexibility index (Phi) is 4.25. The zero-order chi connectivity index (χ0) is 20.8. The summed E-state index contributed by atoms with van der Waals surface area (Å²) in [5.74, 6) is 0.360. The Bertz CT molecular complexity index is 1090. The van der Waals surface area contributed by atoms with Crippen molar-refractivity contribution in [3.8, 4) is 5.75 Å². The van der Waals surface area contributed by atoms with Crippen molar-refractivity contribution >= 4 is 40.1 Å². The highest BCUT2D eigenvalue weighted by Crippen LogP contribution is 2.36. The summed E-state index contributed by atoms with van der Waals surface area (Å²) >= 11 is 0. The third-order valence-corrected chi connectivity index (χ3v) is 4.27. The van der Waals surface area contributed by atoms with E-state index in [1.54, 1.807) is 44.3 Å². The predicted octanol–water partition coefficient (Wildman–Crippen LogP) is 3.79. The molecular formula is C18H17F3N6O2. The highest BCUT2D eigenvalue weighted by atomic mass is 19.4. The Hall–Kier alpha value is -3.50. The fraction of sp³-hybridized carbons (Fsp3) is 0.278. The van der Waals surface area contributed by atoms with Gasteiger partial charge in [0.2, 0.25) is 5.95 Å². The first-order valence-corrected chi connectivity index (χ1v) is 8.68. The third-order valence-electron chi connectivity index (χ3n) is 4.27. The van der Waals surface area contributed by atoms with E-state index in [2.05, 4.69) is 30.9 Å². The monoisotopic (exact) mass is 406 g/mol. The molecule has 0 atom stereocenters. The van der Waals surface area contributed by atoms with E-state index in [0.717, 1.165) is 0 Å². The minimum atomic E-state index is -4.38. The van der Waals surface area contributed by atoms with Crippen LogP contribution in [0.5, 0.6) is 5.75 Å². The molecule has 0 unspecified atom stereocenters. The molecule has 3 heterocycles. The number of carbonyl (C=O) groups is 1. The van der Waals surface area contributed by atoms with Crippen LogP contribution in [0.15, 0.2) is 30.5 Å². The maximum absolute atomic E-state index is 12.6. The predicted molar refractivity (Wildman–Crippen MR) is 101 cm³/mol. The molecule has 0 fully saturated rings. The van der Waals surface area contributed by atoms with Gasteiger partial charge in [0, 0.05) is 11.9 Å². The smallest absolute Gasteiger partial charge is 0.405 e. The normalized spacial score (nSPS) is 15.4. The molecule has 0 saturated carbocycles. The molecule has 0 saturated heterocycles. The van der Waals surface area contributed by atoms with E-state index < -0.39 is 18.3 Å². The number of carbonyl (C=O) groups excluding carboxylic acids is 1. The van der Waals surface area contributed by atoms with Crippen molar-refractivity contribution in [3.63, 3.8) is 0 Å². The van der Waals surface area contributed by atoms with Gasteiger partial charge in [-0.05, 0) is 38.1 Å². The van der Waals surface area contributed by atoms with Crippen LogP contribution < -0.4 is 20.7 Å². The van der Waals surface area contributed by atoms with E-state index in [4.69, 9.17) is 4.74 Å². The molecule has 3 aromatic rings. The summed E-state index contributed by atoms with van der Waals surface area (Å²) < 4.78 is 43.4. The summed E-state index contributed by atoms with van der Waals surface area (Å²) in [5, 5.41) is 8.43. The molecule has 1 aromatic carbocycles. The van der Waals surface area contributed by atoms with Gasteiger partial charge in [0.05, 0.1) is 11.1 Å². The van der Waals surface area contributed by atoms with E-state index in [1.807, 2.05) is 0 Å². The van der Waals surface area contributed by atoms with Gasteiger partial charge >= 0.3 is 6.18 Å². The topological polar surface area (TPSA) is 104 Å². The highest BCUT2D eigenvalue weighted by Gasteiger charge is 2.35. The molecule has 0 bridgehead atoms. The van der Waals surface area contributed by atoms with Crippen molar-refractivity contribution in [1.82, 2.24) is 15.0 Å². The van der Waals surface area contributed by atoms with Gasteiger partial charge in [-0.3, -0.25) is 4.79 Å². The Morgan fingerprint density at radius 3 is 2.76 bits per heavy atom. The second kappa shape index (κ2) is 6.54. The van der Waals surface area contributed by atoms with Crippen LogP contribution in [0.25, 0.3) is 11.0 Å². The number of aromatic amines is 1. The Morgan fingerprint density at radius 2 is 2.00 bits per heavy atom. The van der Waals surface area contributed by atoms with Gasteiger partial charge < -0.3 is 25.7 Å². The second-order valence-electron chi connectivity index (χ2n) is 7.01. The van der Waals surface area contributed by atoms with Crippen molar-refractivity contribution in [2.75, 3.05) is 22.5 Å². The highest BCUT2D eigenvalue weighted by molar-refractivity contribution is 6.00. The van der Waals surface area contributed by atoms with Crippen molar-refractivity contribution in [1.29, 1.82) is 0 Å². The first kappa shape index (κ1) is 18.8. The number of rotatable bonds is 4. The van der Waals surface area contributed by atoms with Crippen LogP contribution in [0.3, 0.4) is 0 Å². The first-order valence-electron chi connectivity index (χ1n) is 8.68. The SMILES string of the molecule is CC1(C)Oc2ccc(Nc3nc(NCC(F)(F)F)c4cc[nH]c4n3)cc2NC1=O. The van der Waals surface area contributed by atoms with Gasteiger partial charge in [-0.1, -0.05) is 0 Å². The average Bonchev–Trinajstić information content (AvgIpc) is 3.09. The van der Waals surface area contributed by atoms with Crippen LogP contribution in [0.2, 0.25) is 0 Å². The largest absolute Gasteiger partial charge is 0.476 e. The number of fused-ring (bicyclic) bond motifs is 2. The number of amides is 1. The summed E-state index contributed by atoms with van der Waals surface area (Å²) in [6.45, 7) is 2.10. The molecule has 1 aliphatic heterocycles. The summed E-state index contributed by atoms with van der Waals surface area (Å²) in [5.41, 5.74) is 0.391. The summed E-state index contributed by atoms with van der Waals surface area (Å²) in [6, 6.07) is 6.59. The van der Waals surface area contributed by atoms with Gasteiger partial charge in [-0.2, -0.15) is 23.1 Å². The standard InChI is InChI=1S/C18H17F3N6O2/c1-17(2)15(28)25-11-7-9(3-4-12(11)29-17)24-16-26-13-10(5-6-22-13)14(27-16)23-8-18(19,20)21/h3-7H,8H2,1-2H3,(H,25,28)(H3,22,23,24,26,27). The number of nitrogens with one attached hydrogen (secondary N) is 4. The number of nitrogens with zero attached hydrogens (tertiary/aromatic N) is 2. The number of anilines is 4. The van der Waals surface area contributed by atoms with Gasteiger partial charge in [-0.25, -0.2) is 0 Å². The number of alkyl halides is 3. The molecule has 1 aliphatic rings. The maximum atomic E-state index is 12.6. The number of ether oxygens (including phenoxy) is 1. The van der Waals surface area contributed by atoms with Gasteiger partial charge in [0.25, 0.3) is 5.91 Å². The quantitative estimate of drug-likeness (QED) is 0.526. The van der Waals surface area contributed by atoms with Crippen LogP contribution in [0, 0.1) is 0 Å². The lowest BCUT2D eigenvalue weighted by Crippen LogP contribution is -2.45. The number of hydrogen-bond acceptors (Lipinski definition) is 6. The van der Waals surface area contributed by atoms with Crippen molar-refractivity contribution in [3.05, 3.63) is 30.5 Å². The summed E-state index contributed by atoms with van der Waals surface area (Å²) in [4.78, 5) is 23.4. The maximum Gasteiger partial charge on any atom is 0.405 e. The van der Waals surface area contributed by atoms with E-state index in [0.29, 0.717) is 28.2 Å². The Labute approximate surface area is 162 Å². The minimum absolute atomic E-state index is 0.0485. The van der Waals surface area contributed by atoms with Crippen molar-refractivity contribution in [2.24, 2.45) is 0 Å². The second-order valence-corrected chi connectivity index (χ2v) is 7.01. The van der Waals surface area contributed by atoms with Crippen LogP contribution in [-0.4, -0.2) is 39.2 Å². The van der Waals surface area contributed by atoms with Gasteiger partial charge in [0.15, 0.2) is 5.60 Å². The molecular weight excluding hydrogens is 389 g/mol. The van der Waals surface area contributed by atoms with E-state index in [-0.39, 0.29) is 17.7 Å². The minimum Gasteiger partial charge on any atom is -0.476 e. The molecule has 0 radical (unpaired) electrons. The van der Waals surface area contributed by atoms with Gasteiger partial charge in [-0.15, -0.1) is 0 Å². The lowest BCUT2D eigenvalue weighted by molar-refractivity contribution is -0.129. The number of aromatic nitrogens is 3. The summed E-state index contributed by atoms with van der Waals surface area (Å²) in [7, 11) is 0. The molecule has 4 rings (SSSR count). The molecule has 11 heteroatoms. The zero-order valence-electron chi connectivity index (χ0n) is 15.4. The molecule has 4 N–H and O–H groups in total. The van der Waals surface area contributed by atoms with Crippen LogP contribution >= 0.6 is 0 Å². The molecule has 2 aromatic heterocycles. The number of H-pyrrole nitrogens is 1. The molecule has 152 valence electrons. The third kappa shape index (κ3) is 3.89. The number of hydrogen-bond donors (Lipinski definition) is 4. The number of halogens is 3. The van der Waals surface area contributed by atoms with Crippen LogP contribution in [0.4, 0.5) is 36.3 Å². The molecule has 29 heavy (non-hydrogen) atoms. The lowest BCUT2D eigenvalue weighted by Gasteiger charge is -2.31. The average molecular weight is 406 g/mol. The van der Waals surface area contributed by atoms with Crippen molar-refractivity contribution < 1.29 is 22.7 Å².